The minimum Gasteiger partial charge on any atom is -0.299 e. The van der Waals surface area contributed by atoms with Crippen LogP contribution in [0.5, 0.6) is 0 Å². The molecule has 1 aromatic carbocycles. The second-order valence-corrected chi connectivity index (χ2v) is 7.61. The monoisotopic (exact) mass is 350 g/mol. The maximum atomic E-state index is 13.4. The minimum atomic E-state index is -0.182. The fourth-order valence-electron chi connectivity index (χ4n) is 4.30. The van der Waals surface area contributed by atoms with Crippen molar-refractivity contribution in [2.75, 3.05) is 19.6 Å². The third-order valence-corrected chi connectivity index (χ3v) is 5.85. The van der Waals surface area contributed by atoms with E-state index in [0.29, 0.717) is 5.92 Å². The van der Waals surface area contributed by atoms with Gasteiger partial charge < -0.3 is 0 Å². The van der Waals surface area contributed by atoms with Crippen molar-refractivity contribution in [3.8, 4) is 11.1 Å². The molecule has 26 heavy (non-hydrogen) atoms. The third kappa shape index (κ3) is 3.33. The van der Waals surface area contributed by atoms with Crippen LogP contribution in [0.25, 0.3) is 16.7 Å². The van der Waals surface area contributed by atoms with Gasteiger partial charge in [-0.3, -0.25) is 9.88 Å². The zero-order chi connectivity index (χ0) is 18.1. The standard InChI is InChI=1S/C23H27FN2/c1-3-26-13-5-7-18(15-26)22-14-21(17-9-11-19(24)12-10-17)20-8-4-6-16(2)23(20)25-22/h7,9-12,14,16H,3-6,8,13,15H2,1-2H3. The molecule has 2 aromatic rings. The van der Waals surface area contributed by atoms with E-state index >= 15 is 0 Å². The summed E-state index contributed by atoms with van der Waals surface area (Å²) >= 11 is 0. The van der Waals surface area contributed by atoms with Crippen molar-refractivity contribution >= 4 is 5.57 Å². The molecule has 1 aliphatic carbocycles. The summed E-state index contributed by atoms with van der Waals surface area (Å²) in [6.45, 7) is 7.68. The average molecular weight is 350 g/mol. The molecule has 136 valence electrons. The summed E-state index contributed by atoms with van der Waals surface area (Å²) in [5.74, 6) is 0.309. The van der Waals surface area contributed by atoms with Crippen LogP contribution in [0, 0.1) is 5.82 Å². The van der Waals surface area contributed by atoms with Gasteiger partial charge in [0.15, 0.2) is 0 Å². The summed E-state index contributed by atoms with van der Waals surface area (Å²) in [4.78, 5) is 7.59. The van der Waals surface area contributed by atoms with Crippen LogP contribution in [0.4, 0.5) is 4.39 Å². The summed E-state index contributed by atoms with van der Waals surface area (Å²) in [6, 6.07) is 9.18. The molecule has 0 saturated heterocycles. The van der Waals surface area contributed by atoms with Crippen molar-refractivity contribution in [2.45, 2.75) is 45.4 Å². The molecule has 3 heteroatoms. The Morgan fingerprint density at radius 1 is 1.23 bits per heavy atom. The van der Waals surface area contributed by atoms with E-state index in [2.05, 4.69) is 30.9 Å². The van der Waals surface area contributed by atoms with E-state index in [1.807, 2.05) is 12.1 Å². The molecular weight excluding hydrogens is 323 g/mol. The molecule has 0 N–H and O–H groups in total. The lowest BCUT2D eigenvalue weighted by Crippen LogP contribution is -2.29. The predicted molar refractivity (Wildman–Crippen MR) is 106 cm³/mol. The van der Waals surface area contributed by atoms with Gasteiger partial charge in [-0.15, -0.1) is 0 Å². The number of rotatable bonds is 3. The number of likely N-dealkylation sites (N-methyl/N-ethyl adjacent to an activating group) is 1. The second kappa shape index (κ2) is 7.32. The normalized spacial score (nSPS) is 20.6. The van der Waals surface area contributed by atoms with Gasteiger partial charge in [-0.2, -0.15) is 0 Å². The molecule has 1 unspecified atom stereocenters. The topological polar surface area (TPSA) is 16.1 Å². The third-order valence-electron chi connectivity index (χ3n) is 5.85. The summed E-state index contributed by atoms with van der Waals surface area (Å²) in [6.07, 6.45) is 6.91. The fraction of sp³-hybridized carbons (Fsp3) is 0.435. The van der Waals surface area contributed by atoms with Crippen molar-refractivity contribution in [3.63, 3.8) is 0 Å². The van der Waals surface area contributed by atoms with Crippen LogP contribution in [0.3, 0.4) is 0 Å². The molecule has 0 bridgehead atoms. The van der Waals surface area contributed by atoms with Gasteiger partial charge in [0.2, 0.25) is 0 Å². The number of hydrogen-bond acceptors (Lipinski definition) is 2. The summed E-state index contributed by atoms with van der Waals surface area (Å²) < 4.78 is 13.4. The van der Waals surface area contributed by atoms with Crippen LogP contribution in [0.15, 0.2) is 36.4 Å². The Hall–Kier alpha value is -2.00. The predicted octanol–water partition coefficient (Wildman–Crippen LogP) is 5.44. The first kappa shape index (κ1) is 17.4. The minimum absolute atomic E-state index is 0.182. The Morgan fingerprint density at radius 3 is 2.81 bits per heavy atom. The number of hydrogen-bond donors (Lipinski definition) is 0. The Balaban J connectivity index is 1.83. The Kier molecular flexibility index (Phi) is 4.90. The number of aromatic nitrogens is 1. The average Bonchev–Trinajstić information content (AvgIpc) is 2.68. The number of nitrogens with zero attached hydrogens (tertiary/aromatic N) is 2. The van der Waals surface area contributed by atoms with Crippen LogP contribution in [-0.2, 0) is 6.42 Å². The van der Waals surface area contributed by atoms with Crippen molar-refractivity contribution in [1.82, 2.24) is 9.88 Å². The van der Waals surface area contributed by atoms with Crippen molar-refractivity contribution in [1.29, 1.82) is 0 Å². The molecule has 0 fully saturated rings. The first-order valence-electron chi connectivity index (χ1n) is 9.87. The van der Waals surface area contributed by atoms with E-state index in [4.69, 9.17) is 4.98 Å². The molecule has 2 nitrogen and oxygen atoms in total. The summed E-state index contributed by atoms with van der Waals surface area (Å²) in [5.41, 5.74) is 7.40. The molecule has 1 aliphatic heterocycles. The largest absolute Gasteiger partial charge is 0.299 e. The molecule has 2 heterocycles. The van der Waals surface area contributed by atoms with Crippen molar-refractivity contribution < 1.29 is 4.39 Å². The van der Waals surface area contributed by atoms with Crippen molar-refractivity contribution in [3.05, 3.63) is 59.2 Å². The highest BCUT2D eigenvalue weighted by Crippen LogP contribution is 2.38. The van der Waals surface area contributed by atoms with Gasteiger partial charge in [-0.05, 0) is 78.6 Å². The van der Waals surface area contributed by atoms with Gasteiger partial charge in [0.25, 0.3) is 0 Å². The van der Waals surface area contributed by atoms with E-state index in [0.717, 1.165) is 43.7 Å². The smallest absolute Gasteiger partial charge is 0.123 e. The molecule has 0 amide bonds. The lowest BCUT2D eigenvalue weighted by Gasteiger charge is -2.28. The van der Waals surface area contributed by atoms with E-state index in [1.165, 1.54) is 35.2 Å². The molecule has 1 aromatic heterocycles. The van der Waals surface area contributed by atoms with Gasteiger partial charge in [0.05, 0.1) is 5.69 Å². The Labute approximate surface area is 155 Å². The van der Waals surface area contributed by atoms with Crippen LogP contribution >= 0.6 is 0 Å². The molecular formula is C23H27FN2. The highest BCUT2D eigenvalue weighted by Gasteiger charge is 2.24. The molecule has 1 atom stereocenters. The van der Waals surface area contributed by atoms with Gasteiger partial charge in [0, 0.05) is 18.8 Å². The molecule has 2 aliphatic rings. The maximum Gasteiger partial charge on any atom is 0.123 e. The summed E-state index contributed by atoms with van der Waals surface area (Å²) in [7, 11) is 0. The van der Waals surface area contributed by atoms with Crippen molar-refractivity contribution in [2.24, 2.45) is 0 Å². The molecule has 0 spiro atoms. The zero-order valence-corrected chi connectivity index (χ0v) is 15.8. The number of halogens is 1. The maximum absolute atomic E-state index is 13.4. The second-order valence-electron chi connectivity index (χ2n) is 7.61. The molecule has 0 saturated carbocycles. The number of pyridine rings is 1. The van der Waals surface area contributed by atoms with Crippen LogP contribution < -0.4 is 0 Å². The first-order valence-corrected chi connectivity index (χ1v) is 9.87. The van der Waals surface area contributed by atoms with E-state index < -0.39 is 0 Å². The number of fused-ring (bicyclic) bond motifs is 1. The quantitative estimate of drug-likeness (QED) is 0.733. The van der Waals surface area contributed by atoms with Gasteiger partial charge in [-0.1, -0.05) is 32.1 Å². The Bertz CT molecular complexity index is 823. The highest BCUT2D eigenvalue weighted by molar-refractivity contribution is 5.75. The van der Waals surface area contributed by atoms with Crippen LogP contribution in [-0.4, -0.2) is 29.5 Å². The first-order chi connectivity index (χ1) is 12.7. The van der Waals surface area contributed by atoms with E-state index in [9.17, 15) is 4.39 Å². The lowest BCUT2D eigenvalue weighted by molar-refractivity contribution is 0.321. The number of benzene rings is 1. The highest BCUT2D eigenvalue weighted by atomic mass is 19.1. The molecule has 0 radical (unpaired) electrons. The van der Waals surface area contributed by atoms with Gasteiger partial charge >= 0.3 is 0 Å². The van der Waals surface area contributed by atoms with Crippen LogP contribution in [0.1, 0.15) is 56.0 Å². The SMILES string of the molecule is CCN1CCC=C(c2cc(-c3ccc(F)cc3)c3c(n2)C(C)CCC3)C1. The van der Waals surface area contributed by atoms with Gasteiger partial charge in [-0.25, -0.2) is 4.39 Å². The van der Waals surface area contributed by atoms with E-state index in [-0.39, 0.29) is 5.82 Å². The van der Waals surface area contributed by atoms with E-state index in [1.54, 1.807) is 12.1 Å². The zero-order valence-electron chi connectivity index (χ0n) is 15.8. The lowest BCUT2D eigenvalue weighted by atomic mass is 9.83. The Morgan fingerprint density at radius 2 is 2.04 bits per heavy atom. The molecule has 4 rings (SSSR count). The van der Waals surface area contributed by atoms with Gasteiger partial charge in [0.1, 0.15) is 5.82 Å². The summed E-state index contributed by atoms with van der Waals surface area (Å²) in [5, 5.41) is 0. The van der Waals surface area contributed by atoms with Crippen LogP contribution in [0.2, 0.25) is 0 Å². The fourth-order valence-corrected chi connectivity index (χ4v) is 4.30.